The molecule has 1 atom stereocenters. The summed E-state index contributed by atoms with van der Waals surface area (Å²) in [5, 5.41) is 0. The summed E-state index contributed by atoms with van der Waals surface area (Å²) in [6, 6.07) is 5.35. The number of halogens is 1. The van der Waals surface area contributed by atoms with Gasteiger partial charge in [-0.2, -0.15) is 0 Å². The fraction of sp³-hybridized carbons (Fsp3) is 0.300. The van der Waals surface area contributed by atoms with Crippen LogP contribution in [-0.2, 0) is 4.74 Å². The van der Waals surface area contributed by atoms with Gasteiger partial charge < -0.3 is 9.47 Å². The summed E-state index contributed by atoms with van der Waals surface area (Å²) >= 11 is 3.29. The van der Waals surface area contributed by atoms with Gasteiger partial charge in [0.2, 0.25) is 0 Å². The van der Waals surface area contributed by atoms with Crippen molar-refractivity contribution in [3.8, 4) is 5.75 Å². The van der Waals surface area contributed by atoms with Crippen molar-refractivity contribution in [2.45, 2.75) is 6.10 Å². The third kappa shape index (κ3) is 2.33. The Balaban J connectivity index is 2.09. The number of carbonyl (C=O) groups excluding carboxylic acids is 1. The molecule has 0 amide bonds. The average molecular weight is 257 g/mol. The van der Waals surface area contributed by atoms with E-state index in [1.807, 2.05) is 6.07 Å². The monoisotopic (exact) mass is 256 g/mol. The molecule has 1 fully saturated rings. The van der Waals surface area contributed by atoms with Gasteiger partial charge in [-0.25, -0.2) is 0 Å². The van der Waals surface area contributed by atoms with Crippen LogP contribution in [0.15, 0.2) is 22.7 Å². The van der Waals surface area contributed by atoms with Crippen molar-refractivity contribution < 1.29 is 14.3 Å². The highest BCUT2D eigenvalue weighted by Crippen LogP contribution is 2.22. The number of rotatable bonds is 4. The van der Waals surface area contributed by atoms with Crippen LogP contribution in [0.2, 0.25) is 0 Å². The van der Waals surface area contributed by atoms with Crippen molar-refractivity contribution in [1.29, 1.82) is 0 Å². The van der Waals surface area contributed by atoms with E-state index in [9.17, 15) is 4.79 Å². The third-order valence-corrected chi connectivity index (χ3v) is 2.42. The van der Waals surface area contributed by atoms with Gasteiger partial charge >= 0.3 is 0 Å². The molecule has 4 heteroatoms. The number of hydrogen-bond acceptors (Lipinski definition) is 3. The Kier molecular flexibility index (Phi) is 2.84. The number of epoxide rings is 1. The van der Waals surface area contributed by atoms with E-state index in [0.717, 1.165) is 17.4 Å². The second kappa shape index (κ2) is 4.11. The van der Waals surface area contributed by atoms with Crippen LogP contribution >= 0.6 is 15.9 Å². The molecule has 1 aliphatic heterocycles. The summed E-state index contributed by atoms with van der Waals surface area (Å²) in [5.74, 6) is 0.610. The fourth-order valence-electron chi connectivity index (χ4n) is 1.09. The van der Waals surface area contributed by atoms with Gasteiger partial charge in [-0.1, -0.05) is 15.9 Å². The smallest absolute Gasteiger partial charge is 0.153 e. The highest BCUT2D eigenvalue weighted by Gasteiger charge is 2.23. The minimum absolute atomic E-state index is 0.207. The van der Waals surface area contributed by atoms with Crippen LogP contribution in [0.4, 0.5) is 0 Å². The Labute approximate surface area is 90.1 Å². The minimum atomic E-state index is 0.207. The molecule has 0 radical (unpaired) electrons. The topological polar surface area (TPSA) is 38.8 Å². The van der Waals surface area contributed by atoms with Crippen molar-refractivity contribution in [2.75, 3.05) is 13.2 Å². The van der Waals surface area contributed by atoms with E-state index in [2.05, 4.69) is 15.9 Å². The molecular weight excluding hydrogens is 248 g/mol. The van der Waals surface area contributed by atoms with Gasteiger partial charge in [-0.15, -0.1) is 0 Å². The Morgan fingerprint density at radius 2 is 2.43 bits per heavy atom. The van der Waals surface area contributed by atoms with Gasteiger partial charge in [0.15, 0.2) is 6.29 Å². The average Bonchev–Trinajstić information content (AvgIpc) is 2.99. The molecular formula is C10H9BrO3. The van der Waals surface area contributed by atoms with Crippen LogP contribution in [0.5, 0.6) is 5.75 Å². The lowest BCUT2D eigenvalue weighted by atomic mass is 10.2. The third-order valence-electron chi connectivity index (χ3n) is 1.93. The van der Waals surface area contributed by atoms with Gasteiger partial charge in [-0.3, -0.25) is 4.79 Å². The molecule has 1 aliphatic rings. The molecule has 2 rings (SSSR count). The van der Waals surface area contributed by atoms with Crippen LogP contribution in [0, 0.1) is 0 Å². The molecule has 14 heavy (non-hydrogen) atoms. The summed E-state index contributed by atoms with van der Waals surface area (Å²) in [7, 11) is 0. The largest absolute Gasteiger partial charge is 0.490 e. The first-order chi connectivity index (χ1) is 6.79. The molecule has 0 aliphatic carbocycles. The summed E-state index contributed by atoms with van der Waals surface area (Å²) in [5.41, 5.74) is 0.556. The number of ether oxygens (including phenoxy) is 2. The maximum Gasteiger partial charge on any atom is 0.153 e. The minimum Gasteiger partial charge on any atom is -0.490 e. The predicted molar refractivity (Wildman–Crippen MR) is 54.8 cm³/mol. The molecule has 0 spiro atoms. The van der Waals surface area contributed by atoms with E-state index in [0.29, 0.717) is 17.9 Å². The van der Waals surface area contributed by atoms with E-state index in [1.54, 1.807) is 12.1 Å². The van der Waals surface area contributed by atoms with Crippen LogP contribution in [-0.4, -0.2) is 25.6 Å². The van der Waals surface area contributed by atoms with Crippen LogP contribution in [0.3, 0.4) is 0 Å². The molecule has 0 bridgehead atoms. The van der Waals surface area contributed by atoms with Crippen molar-refractivity contribution in [1.82, 2.24) is 0 Å². The zero-order valence-corrected chi connectivity index (χ0v) is 8.99. The van der Waals surface area contributed by atoms with E-state index >= 15 is 0 Å². The number of hydrogen-bond donors (Lipinski definition) is 0. The molecule has 3 nitrogen and oxygen atoms in total. The van der Waals surface area contributed by atoms with Gasteiger partial charge in [0.25, 0.3) is 0 Å². The zero-order valence-electron chi connectivity index (χ0n) is 7.40. The van der Waals surface area contributed by atoms with E-state index in [4.69, 9.17) is 9.47 Å². The van der Waals surface area contributed by atoms with Crippen LogP contribution in [0.1, 0.15) is 10.4 Å². The molecule has 1 aromatic carbocycles. The predicted octanol–water partition coefficient (Wildman–Crippen LogP) is 2.04. The Morgan fingerprint density at radius 1 is 1.64 bits per heavy atom. The van der Waals surface area contributed by atoms with Crippen molar-refractivity contribution in [3.63, 3.8) is 0 Å². The maximum absolute atomic E-state index is 10.7. The van der Waals surface area contributed by atoms with Crippen LogP contribution < -0.4 is 4.74 Å². The van der Waals surface area contributed by atoms with Gasteiger partial charge in [0.1, 0.15) is 18.5 Å². The van der Waals surface area contributed by atoms with Gasteiger partial charge in [0.05, 0.1) is 12.2 Å². The van der Waals surface area contributed by atoms with Gasteiger partial charge in [-0.05, 0) is 18.2 Å². The SMILES string of the molecule is O=Cc1cc(Br)ccc1OCC1CO1. The van der Waals surface area contributed by atoms with Crippen molar-refractivity contribution >= 4 is 22.2 Å². The second-order valence-corrected chi connectivity index (χ2v) is 3.98. The Morgan fingerprint density at radius 3 is 3.07 bits per heavy atom. The van der Waals surface area contributed by atoms with E-state index in [1.165, 1.54) is 0 Å². The molecule has 1 heterocycles. The zero-order chi connectivity index (χ0) is 9.97. The first-order valence-corrected chi connectivity index (χ1v) is 5.08. The standard InChI is InChI=1S/C10H9BrO3/c11-8-1-2-10(7(3-8)4-12)14-6-9-5-13-9/h1-4,9H,5-6H2. The molecule has 0 N–H and O–H groups in total. The van der Waals surface area contributed by atoms with Gasteiger partial charge in [0, 0.05) is 4.47 Å². The summed E-state index contributed by atoms with van der Waals surface area (Å²) < 4.78 is 11.3. The first kappa shape index (κ1) is 9.68. The maximum atomic E-state index is 10.7. The highest BCUT2D eigenvalue weighted by atomic mass is 79.9. The Bertz CT molecular complexity index is 347. The van der Waals surface area contributed by atoms with Crippen LogP contribution in [0.25, 0.3) is 0 Å². The van der Waals surface area contributed by atoms with E-state index < -0.39 is 0 Å². The molecule has 0 aromatic heterocycles. The highest BCUT2D eigenvalue weighted by molar-refractivity contribution is 9.10. The molecule has 1 unspecified atom stereocenters. The lowest BCUT2D eigenvalue weighted by molar-refractivity contribution is 0.111. The summed E-state index contributed by atoms with van der Waals surface area (Å²) in [6.45, 7) is 1.27. The first-order valence-electron chi connectivity index (χ1n) is 4.29. The summed E-state index contributed by atoms with van der Waals surface area (Å²) in [4.78, 5) is 10.7. The lowest BCUT2D eigenvalue weighted by Gasteiger charge is -2.06. The fourth-order valence-corrected chi connectivity index (χ4v) is 1.47. The molecule has 74 valence electrons. The molecule has 0 saturated carbocycles. The Hall–Kier alpha value is -0.870. The number of aldehydes is 1. The molecule has 1 saturated heterocycles. The summed E-state index contributed by atoms with van der Waals surface area (Å²) in [6.07, 6.45) is 0.992. The van der Waals surface area contributed by atoms with Crippen molar-refractivity contribution in [2.24, 2.45) is 0 Å². The second-order valence-electron chi connectivity index (χ2n) is 3.07. The quantitative estimate of drug-likeness (QED) is 0.612. The normalized spacial score (nSPS) is 19.1. The van der Waals surface area contributed by atoms with E-state index in [-0.39, 0.29) is 6.10 Å². The number of benzene rings is 1. The van der Waals surface area contributed by atoms with Crippen molar-refractivity contribution in [3.05, 3.63) is 28.2 Å². The lowest BCUT2D eigenvalue weighted by Crippen LogP contribution is -2.05. The molecule has 1 aromatic rings. The number of carbonyl (C=O) groups is 1.